The van der Waals surface area contributed by atoms with Crippen molar-refractivity contribution >= 4 is 11.0 Å². The van der Waals surface area contributed by atoms with Gasteiger partial charge in [0.15, 0.2) is 17.2 Å². The summed E-state index contributed by atoms with van der Waals surface area (Å²) < 4.78 is 4.96. The van der Waals surface area contributed by atoms with Crippen molar-refractivity contribution in [1.82, 2.24) is 15.0 Å². The molecule has 0 fully saturated rings. The highest BCUT2D eigenvalue weighted by Gasteiger charge is 2.15. The molecule has 1 heterocycles. The van der Waals surface area contributed by atoms with E-state index < -0.39 is 0 Å². The van der Waals surface area contributed by atoms with E-state index in [1.165, 1.54) is 24.0 Å². The third-order valence-corrected chi connectivity index (χ3v) is 2.77. The van der Waals surface area contributed by atoms with Gasteiger partial charge < -0.3 is 14.9 Å². The van der Waals surface area contributed by atoms with Gasteiger partial charge in [0, 0.05) is 12.1 Å². The average molecular weight is 257 g/mol. The molecule has 3 aromatic rings. The minimum atomic E-state index is -0.155. The van der Waals surface area contributed by atoms with E-state index in [9.17, 15) is 10.2 Å². The van der Waals surface area contributed by atoms with Crippen LogP contribution in [-0.2, 0) is 0 Å². The van der Waals surface area contributed by atoms with Crippen LogP contribution in [0.4, 0.5) is 0 Å². The number of aromatic nitrogens is 3. The van der Waals surface area contributed by atoms with Crippen molar-refractivity contribution in [3.8, 4) is 22.9 Å². The van der Waals surface area contributed by atoms with Crippen LogP contribution in [0.2, 0.25) is 0 Å². The lowest BCUT2D eigenvalue weighted by Gasteiger charge is -2.08. The zero-order valence-electron chi connectivity index (χ0n) is 10.1. The molecule has 0 unspecified atom stereocenters. The van der Waals surface area contributed by atoms with E-state index in [-0.39, 0.29) is 17.2 Å². The maximum absolute atomic E-state index is 9.94. The fraction of sp³-hybridized carbons (Fsp3) is 0.0769. The second-order valence-corrected chi connectivity index (χ2v) is 3.99. The fourth-order valence-electron chi connectivity index (χ4n) is 1.86. The first-order chi connectivity index (χ1) is 9.19. The van der Waals surface area contributed by atoms with Crippen molar-refractivity contribution < 1.29 is 14.9 Å². The van der Waals surface area contributed by atoms with Crippen molar-refractivity contribution in [1.29, 1.82) is 0 Å². The molecule has 0 aliphatic heterocycles. The molecule has 0 bridgehead atoms. The van der Waals surface area contributed by atoms with Crippen LogP contribution in [0, 0.1) is 0 Å². The topological polar surface area (TPSA) is 80.4 Å². The number of methoxy groups -OCH3 is 1. The van der Waals surface area contributed by atoms with Gasteiger partial charge in [-0.3, -0.25) is 0 Å². The molecule has 0 saturated heterocycles. The molecule has 3 rings (SSSR count). The Balaban J connectivity index is 2.21. The van der Waals surface area contributed by atoms with Gasteiger partial charge in [-0.1, -0.05) is 12.1 Å². The van der Waals surface area contributed by atoms with Gasteiger partial charge in [0.25, 0.3) is 0 Å². The first-order valence-electron chi connectivity index (χ1n) is 5.61. The molecule has 6 heteroatoms. The molecule has 96 valence electrons. The maximum Gasteiger partial charge on any atom is 0.169 e. The minimum Gasteiger partial charge on any atom is -0.505 e. The van der Waals surface area contributed by atoms with Crippen LogP contribution in [0.1, 0.15) is 0 Å². The number of nitrogens with zero attached hydrogens (tertiary/aromatic N) is 3. The molecule has 6 nitrogen and oxygen atoms in total. The normalized spacial score (nSPS) is 10.8. The number of fused-ring (bicyclic) bond motifs is 1. The van der Waals surface area contributed by atoms with Gasteiger partial charge in [-0.2, -0.15) is 0 Å². The first-order valence-corrected chi connectivity index (χ1v) is 5.61. The Morgan fingerprint density at radius 1 is 1.00 bits per heavy atom. The SMILES string of the molecule is COc1cc(O)c(-n2nc3ccccc3n2)c(O)c1. The zero-order valence-corrected chi connectivity index (χ0v) is 10.1. The molecular formula is C13H11N3O3. The lowest BCUT2D eigenvalue weighted by Crippen LogP contribution is -2.00. The van der Waals surface area contributed by atoms with Gasteiger partial charge in [-0.05, 0) is 12.1 Å². The third-order valence-electron chi connectivity index (χ3n) is 2.77. The van der Waals surface area contributed by atoms with E-state index in [4.69, 9.17) is 4.74 Å². The molecule has 2 N–H and O–H groups in total. The summed E-state index contributed by atoms with van der Waals surface area (Å²) in [5.41, 5.74) is 1.48. The second kappa shape index (κ2) is 4.16. The summed E-state index contributed by atoms with van der Waals surface area (Å²) in [6.45, 7) is 0. The van der Waals surface area contributed by atoms with E-state index in [0.29, 0.717) is 16.8 Å². The number of phenols is 2. The molecule has 0 spiro atoms. The van der Waals surface area contributed by atoms with Crippen molar-refractivity contribution in [2.45, 2.75) is 0 Å². The standard InChI is InChI=1S/C13H11N3O3/c1-19-8-6-11(17)13(12(18)7-8)16-14-9-4-2-3-5-10(9)15-16/h2-7,17-18H,1H3. The molecule has 0 aliphatic rings. The monoisotopic (exact) mass is 257 g/mol. The highest BCUT2D eigenvalue weighted by atomic mass is 16.5. The number of phenolic OH excluding ortho intramolecular Hbond substituents is 2. The van der Waals surface area contributed by atoms with E-state index in [2.05, 4.69) is 10.2 Å². The highest BCUT2D eigenvalue weighted by molar-refractivity contribution is 5.74. The number of hydrogen-bond donors (Lipinski definition) is 2. The largest absolute Gasteiger partial charge is 0.505 e. The van der Waals surface area contributed by atoms with E-state index in [1.54, 1.807) is 12.1 Å². The van der Waals surface area contributed by atoms with Gasteiger partial charge in [-0.25, -0.2) is 0 Å². The van der Waals surface area contributed by atoms with Crippen LogP contribution in [0.15, 0.2) is 36.4 Å². The minimum absolute atomic E-state index is 0.122. The van der Waals surface area contributed by atoms with Gasteiger partial charge in [0.05, 0.1) is 7.11 Å². The first kappa shape index (κ1) is 11.3. The lowest BCUT2D eigenvalue weighted by atomic mass is 10.2. The Morgan fingerprint density at radius 3 is 2.00 bits per heavy atom. The summed E-state index contributed by atoms with van der Waals surface area (Å²) in [7, 11) is 1.45. The number of rotatable bonds is 2. The van der Waals surface area contributed by atoms with Crippen molar-refractivity contribution in [2.75, 3.05) is 7.11 Å². The average Bonchev–Trinajstić information content (AvgIpc) is 2.80. The van der Waals surface area contributed by atoms with Gasteiger partial charge >= 0.3 is 0 Å². The van der Waals surface area contributed by atoms with E-state index in [0.717, 1.165) is 0 Å². The second-order valence-electron chi connectivity index (χ2n) is 3.99. The summed E-state index contributed by atoms with van der Waals surface area (Å²) in [5.74, 6) is 0.0461. The lowest BCUT2D eigenvalue weighted by molar-refractivity contribution is 0.394. The maximum atomic E-state index is 9.94. The smallest absolute Gasteiger partial charge is 0.169 e. The molecule has 19 heavy (non-hydrogen) atoms. The Labute approximate surface area is 108 Å². The number of benzene rings is 2. The summed E-state index contributed by atoms with van der Waals surface area (Å²) >= 11 is 0. The van der Waals surface area contributed by atoms with Crippen molar-refractivity contribution in [3.05, 3.63) is 36.4 Å². The summed E-state index contributed by atoms with van der Waals surface area (Å²) in [5, 5.41) is 28.3. The molecule has 1 aromatic heterocycles. The molecule has 2 aromatic carbocycles. The Kier molecular flexibility index (Phi) is 2.49. The zero-order chi connectivity index (χ0) is 13.4. The van der Waals surface area contributed by atoms with Crippen molar-refractivity contribution in [3.63, 3.8) is 0 Å². The molecule has 0 atom stereocenters. The Morgan fingerprint density at radius 2 is 1.53 bits per heavy atom. The van der Waals surface area contributed by atoms with Crippen molar-refractivity contribution in [2.24, 2.45) is 0 Å². The van der Waals surface area contributed by atoms with Crippen LogP contribution >= 0.6 is 0 Å². The van der Waals surface area contributed by atoms with E-state index >= 15 is 0 Å². The summed E-state index contributed by atoms with van der Waals surface area (Å²) in [4.78, 5) is 1.20. The summed E-state index contributed by atoms with van der Waals surface area (Å²) in [6, 6.07) is 10.1. The number of aromatic hydroxyl groups is 2. The predicted molar refractivity (Wildman–Crippen MR) is 68.7 cm³/mol. The highest BCUT2D eigenvalue weighted by Crippen LogP contribution is 2.35. The Bertz CT molecular complexity index is 696. The van der Waals surface area contributed by atoms with Gasteiger partial charge in [0.1, 0.15) is 16.8 Å². The third kappa shape index (κ3) is 1.83. The number of hydrogen-bond acceptors (Lipinski definition) is 5. The fourth-order valence-corrected chi connectivity index (χ4v) is 1.86. The molecular weight excluding hydrogens is 246 g/mol. The molecule has 0 radical (unpaired) electrons. The number of ether oxygens (including phenoxy) is 1. The van der Waals surface area contributed by atoms with Crippen LogP contribution in [0.25, 0.3) is 16.7 Å². The van der Waals surface area contributed by atoms with Crippen LogP contribution in [0.5, 0.6) is 17.2 Å². The molecule has 0 aliphatic carbocycles. The Hall–Kier alpha value is -2.76. The predicted octanol–water partition coefficient (Wildman–Crippen LogP) is 1.84. The molecule has 0 amide bonds. The van der Waals surface area contributed by atoms with Crippen LogP contribution in [-0.4, -0.2) is 32.3 Å². The summed E-state index contributed by atoms with van der Waals surface area (Å²) in [6.07, 6.45) is 0. The van der Waals surface area contributed by atoms with Gasteiger partial charge in [0.2, 0.25) is 0 Å². The quantitative estimate of drug-likeness (QED) is 0.732. The van der Waals surface area contributed by atoms with Crippen LogP contribution in [0.3, 0.4) is 0 Å². The van der Waals surface area contributed by atoms with Gasteiger partial charge in [-0.15, -0.1) is 15.0 Å². The molecule has 0 saturated carbocycles. The van der Waals surface area contributed by atoms with E-state index in [1.807, 2.05) is 12.1 Å². The van der Waals surface area contributed by atoms with Crippen LogP contribution < -0.4 is 4.74 Å².